The SMILES string of the molecule is N#Cc1ccc([C@H](NC(=O)OCC2c3ccccc3-c3ccccc32)[C@H](O)C(=O)O)cc1. The number of hydrogen-bond acceptors (Lipinski definition) is 5. The van der Waals surface area contributed by atoms with Crippen molar-refractivity contribution in [1.29, 1.82) is 5.26 Å². The van der Waals surface area contributed by atoms with Crippen LogP contribution in [-0.4, -0.2) is 35.0 Å². The number of carboxylic acids is 1. The number of carboxylic acid groups (broad SMARTS) is 1. The van der Waals surface area contributed by atoms with E-state index in [-0.39, 0.29) is 12.5 Å². The van der Waals surface area contributed by atoms with Gasteiger partial charge in [-0.05, 0) is 39.9 Å². The molecular formula is C25H20N2O5. The van der Waals surface area contributed by atoms with E-state index >= 15 is 0 Å². The Labute approximate surface area is 184 Å². The van der Waals surface area contributed by atoms with E-state index in [0.29, 0.717) is 11.1 Å². The molecule has 3 aromatic rings. The van der Waals surface area contributed by atoms with E-state index < -0.39 is 24.2 Å². The lowest BCUT2D eigenvalue weighted by Crippen LogP contribution is -2.40. The van der Waals surface area contributed by atoms with Crippen LogP contribution in [0.5, 0.6) is 0 Å². The summed E-state index contributed by atoms with van der Waals surface area (Å²) in [6.07, 6.45) is -2.73. The van der Waals surface area contributed by atoms with E-state index in [2.05, 4.69) is 5.32 Å². The first kappa shape index (κ1) is 21.1. The number of fused-ring (bicyclic) bond motifs is 3. The molecule has 2 atom stereocenters. The number of carbonyl (C=O) groups excluding carboxylic acids is 1. The Kier molecular flexibility index (Phi) is 5.88. The highest BCUT2D eigenvalue weighted by Gasteiger charge is 2.32. The van der Waals surface area contributed by atoms with Gasteiger partial charge in [0, 0.05) is 5.92 Å². The quantitative estimate of drug-likeness (QED) is 0.552. The molecule has 1 aliphatic rings. The molecule has 0 radical (unpaired) electrons. The highest BCUT2D eigenvalue weighted by Crippen LogP contribution is 2.44. The number of carbonyl (C=O) groups is 2. The van der Waals surface area contributed by atoms with E-state index in [1.165, 1.54) is 24.3 Å². The van der Waals surface area contributed by atoms with E-state index in [4.69, 9.17) is 10.00 Å². The number of hydrogen-bond donors (Lipinski definition) is 3. The second-order valence-corrected chi connectivity index (χ2v) is 7.46. The summed E-state index contributed by atoms with van der Waals surface area (Å²) in [5.74, 6) is -1.63. The van der Waals surface area contributed by atoms with Crippen LogP contribution in [-0.2, 0) is 9.53 Å². The Morgan fingerprint density at radius 2 is 1.53 bits per heavy atom. The number of aliphatic carboxylic acids is 1. The molecule has 1 aliphatic carbocycles. The number of aliphatic hydroxyl groups is 1. The third-order valence-electron chi connectivity index (χ3n) is 5.58. The molecule has 0 fully saturated rings. The van der Waals surface area contributed by atoms with Crippen LogP contribution in [0.2, 0.25) is 0 Å². The highest BCUT2D eigenvalue weighted by atomic mass is 16.5. The molecule has 0 spiro atoms. The third kappa shape index (κ3) is 4.04. The van der Waals surface area contributed by atoms with Gasteiger partial charge in [0.2, 0.25) is 0 Å². The molecule has 4 rings (SSSR count). The predicted molar refractivity (Wildman–Crippen MR) is 116 cm³/mol. The van der Waals surface area contributed by atoms with Crippen LogP contribution >= 0.6 is 0 Å². The van der Waals surface area contributed by atoms with Gasteiger partial charge in [-0.2, -0.15) is 5.26 Å². The number of rotatable bonds is 6. The minimum absolute atomic E-state index is 0.0586. The molecule has 32 heavy (non-hydrogen) atoms. The van der Waals surface area contributed by atoms with Crippen molar-refractivity contribution in [2.24, 2.45) is 0 Å². The number of alkyl carbamates (subject to hydrolysis) is 1. The molecule has 0 saturated carbocycles. The fraction of sp³-hybridized carbons (Fsp3) is 0.160. The average molecular weight is 428 g/mol. The molecular weight excluding hydrogens is 408 g/mol. The van der Waals surface area contributed by atoms with Crippen molar-refractivity contribution in [2.45, 2.75) is 18.1 Å². The summed E-state index contributed by atoms with van der Waals surface area (Å²) in [7, 11) is 0. The van der Waals surface area contributed by atoms with Crippen LogP contribution in [0.4, 0.5) is 4.79 Å². The molecule has 1 amide bonds. The molecule has 0 unspecified atom stereocenters. The van der Waals surface area contributed by atoms with Gasteiger partial charge in [-0.1, -0.05) is 60.7 Å². The summed E-state index contributed by atoms with van der Waals surface area (Å²) in [5, 5.41) is 30.8. The van der Waals surface area contributed by atoms with Crippen LogP contribution < -0.4 is 5.32 Å². The topological polar surface area (TPSA) is 120 Å². The van der Waals surface area contributed by atoms with Gasteiger partial charge in [-0.25, -0.2) is 9.59 Å². The Balaban J connectivity index is 1.50. The second kappa shape index (κ2) is 8.92. The smallest absolute Gasteiger partial charge is 0.407 e. The largest absolute Gasteiger partial charge is 0.479 e. The van der Waals surface area contributed by atoms with E-state index in [1.54, 1.807) is 0 Å². The van der Waals surface area contributed by atoms with E-state index in [9.17, 15) is 19.8 Å². The van der Waals surface area contributed by atoms with Gasteiger partial charge in [0.05, 0.1) is 17.7 Å². The monoisotopic (exact) mass is 428 g/mol. The van der Waals surface area contributed by atoms with Crippen molar-refractivity contribution in [3.63, 3.8) is 0 Å². The number of nitriles is 1. The van der Waals surface area contributed by atoms with Gasteiger partial charge in [0.1, 0.15) is 6.61 Å². The van der Waals surface area contributed by atoms with Crippen molar-refractivity contribution in [3.05, 3.63) is 95.1 Å². The first-order valence-corrected chi connectivity index (χ1v) is 10.0. The minimum atomic E-state index is -1.89. The maximum Gasteiger partial charge on any atom is 0.407 e. The Morgan fingerprint density at radius 3 is 2.06 bits per heavy atom. The zero-order valence-corrected chi connectivity index (χ0v) is 16.9. The molecule has 0 bridgehead atoms. The first-order valence-electron chi connectivity index (χ1n) is 10.0. The summed E-state index contributed by atoms with van der Waals surface area (Å²) >= 11 is 0. The van der Waals surface area contributed by atoms with Crippen LogP contribution in [0.1, 0.15) is 34.2 Å². The molecule has 3 N–H and O–H groups in total. The van der Waals surface area contributed by atoms with Crippen molar-refractivity contribution < 1.29 is 24.5 Å². The lowest BCUT2D eigenvalue weighted by atomic mass is 9.98. The maximum atomic E-state index is 12.6. The molecule has 0 aromatic heterocycles. The lowest BCUT2D eigenvalue weighted by molar-refractivity contribution is -0.148. The van der Waals surface area contributed by atoms with Gasteiger partial charge in [0.25, 0.3) is 0 Å². The fourth-order valence-electron chi connectivity index (χ4n) is 4.02. The van der Waals surface area contributed by atoms with Gasteiger partial charge in [-0.15, -0.1) is 0 Å². The average Bonchev–Trinajstić information content (AvgIpc) is 3.14. The molecule has 160 valence electrons. The Morgan fingerprint density at radius 1 is 0.969 bits per heavy atom. The second-order valence-electron chi connectivity index (χ2n) is 7.46. The van der Waals surface area contributed by atoms with Gasteiger partial charge in [-0.3, -0.25) is 0 Å². The lowest BCUT2D eigenvalue weighted by Gasteiger charge is -2.22. The van der Waals surface area contributed by atoms with Crippen molar-refractivity contribution in [2.75, 3.05) is 6.61 Å². The molecule has 3 aromatic carbocycles. The van der Waals surface area contributed by atoms with Crippen molar-refractivity contribution in [1.82, 2.24) is 5.32 Å². The Bertz CT molecular complexity index is 1150. The normalized spacial score (nSPS) is 13.9. The predicted octanol–water partition coefficient (Wildman–Crippen LogP) is 3.58. The molecule has 0 saturated heterocycles. The number of nitrogens with one attached hydrogen (secondary N) is 1. The van der Waals surface area contributed by atoms with Crippen LogP contribution in [0.15, 0.2) is 72.8 Å². The number of aliphatic hydroxyl groups excluding tert-OH is 1. The summed E-state index contributed by atoms with van der Waals surface area (Å²) in [4.78, 5) is 23.9. The number of benzene rings is 3. The molecule has 0 heterocycles. The minimum Gasteiger partial charge on any atom is -0.479 e. The zero-order valence-electron chi connectivity index (χ0n) is 16.9. The molecule has 7 nitrogen and oxygen atoms in total. The Hall–Kier alpha value is -4.15. The summed E-state index contributed by atoms with van der Waals surface area (Å²) < 4.78 is 5.46. The first-order chi connectivity index (χ1) is 15.5. The number of ether oxygens (including phenoxy) is 1. The highest BCUT2D eigenvalue weighted by molar-refractivity contribution is 5.79. The number of nitrogens with zero attached hydrogens (tertiary/aromatic N) is 1. The number of amides is 1. The fourth-order valence-corrected chi connectivity index (χ4v) is 4.02. The van der Waals surface area contributed by atoms with Gasteiger partial charge in [0.15, 0.2) is 6.10 Å². The standard InChI is InChI=1S/C25H20N2O5/c26-13-15-9-11-16(12-10-15)22(23(28)24(29)30)27-25(31)32-14-21-19-7-3-1-5-17(19)18-6-2-4-8-20(18)21/h1-12,21-23,28H,14H2,(H,27,31)(H,29,30)/t22-,23-/m0/s1. The van der Waals surface area contributed by atoms with Crippen molar-refractivity contribution in [3.8, 4) is 17.2 Å². The van der Waals surface area contributed by atoms with Crippen LogP contribution in [0, 0.1) is 11.3 Å². The molecule has 0 aliphatic heterocycles. The summed E-state index contributed by atoms with van der Waals surface area (Å²) in [6, 6.07) is 22.5. The van der Waals surface area contributed by atoms with Crippen molar-refractivity contribution >= 4 is 12.1 Å². The van der Waals surface area contributed by atoms with E-state index in [0.717, 1.165) is 22.3 Å². The third-order valence-corrected chi connectivity index (χ3v) is 5.58. The van der Waals surface area contributed by atoms with Gasteiger partial charge < -0.3 is 20.3 Å². The van der Waals surface area contributed by atoms with Gasteiger partial charge >= 0.3 is 12.1 Å². The zero-order chi connectivity index (χ0) is 22.7. The summed E-state index contributed by atoms with van der Waals surface area (Å²) in [5.41, 5.74) is 5.00. The van der Waals surface area contributed by atoms with E-state index in [1.807, 2.05) is 54.6 Å². The summed E-state index contributed by atoms with van der Waals surface area (Å²) in [6.45, 7) is 0.0586. The van der Waals surface area contributed by atoms with Crippen LogP contribution in [0.25, 0.3) is 11.1 Å². The van der Waals surface area contributed by atoms with Crippen LogP contribution in [0.3, 0.4) is 0 Å². The molecule has 7 heteroatoms. The maximum absolute atomic E-state index is 12.6.